The maximum atomic E-state index is 13.5. The molecule has 0 atom stereocenters. The van der Waals surface area contributed by atoms with Crippen LogP contribution in [0.3, 0.4) is 0 Å². The Balaban J connectivity index is 1.81. The number of nitrogens with zero attached hydrogens (tertiary/aromatic N) is 2. The summed E-state index contributed by atoms with van der Waals surface area (Å²) in [7, 11) is 0. The van der Waals surface area contributed by atoms with E-state index in [1.807, 2.05) is 0 Å². The molecule has 2 aromatic heterocycles. The van der Waals surface area contributed by atoms with E-state index in [4.69, 9.17) is 16.0 Å². The second-order valence-electron chi connectivity index (χ2n) is 9.34. The van der Waals surface area contributed by atoms with Gasteiger partial charge in [0, 0.05) is 40.3 Å². The van der Waals surface area contributed by atoms with E-state index in [-0.39, 0.29) is 28.6 Å². The van der Waals surface area contributed by atoms with Crippen LogP contribution in [0.15, 0.2) is 63.8 Å². The highest BCUT2D eigenvalue weighted by Gasteiger charge is 2.20. The molecular weight excluding hydrogens is 519 g/mol. The fourth-order valence-corrected chi connectivity index (χ4v) is 4.68. The number of nitro groups is 1. The van der Waals surface area contributed by atoms with Crippen LogP contribution in [0.25, 0.3) is 23.5 Å². The van der Waals surface area contributed by atoms with Crippen molar-refractivity contribution in [1.29, 1.82) is 0 Å². The molecule has 4 aromatic rings. The molecule has 0 saturated heterocycles. The Morgan fingerprint density at radius 2 is 1.95 bits per heavy atom. The molecule has 0 spiro atoms. The van der Waals surface area contributed by atoms with Crippen LogP contribution in [0.2, 0.25) is 5.02 Å². The highest BCUT2D eigenvalue weighted by molar-refractivity contribution is 7.07. The summed E-state index contributed by atoms with van der Waals surface area (Å²) in [6.45, 7) is 5.39. The van der Waals surface area contributed by atoms with E-state index in [1.54, 1.807) is 51.1 Å². The Bertz CT molecular complexity index is 1690. The topological polar surface area (TPSA) is 95.3 Å². The van der Waals surface area contributed by atoms with Crippen molar-refractivity contribution in [3.63, 3.8) is 0 Å². The molecule has 190 valence electrons. The molecule has 7 nitrogen and oxygen atoms in total. The zero-order chi connectivity index (χ0) is 26.9. The van der Waals surface area contributed by atoms with E-state index >= 15 is 0 Å². The first kappa shape index (κ1) is 26.2. The van der Waals surface area contributed by atoms with Gasteiger partial charge in [0.15, 0.2) is 5.78 Å². The first-order valence-corrected chi connectivity index (χ1v) is 12.4. The number of furan rings is 1. The van der Waals surface area contributed by atoms with Crippen LogP contribution < -0.4 is 14.8 Å². The predicted octanol–water partition coefficient (Wildman–Crippen LogP) is 5.14. The lowest BCUT2D eigenvalue weighted by atomic mass is 9.91. The van der Waals surface area contributed by atoms with Gasteiger partial charge >= 0.3 is 0 Å². The van der Waals surface area contributed by atoms with Crippen molar-refractivity contribution in [2.24, 2.45) is 5.41 Å². The van der Waals surface area contributed by atoms with Crippen molar-refractivity contribution in [1.82, 2.24) is 4.57 Å². The fraction of sp³-hybridized carbons (Fsp3) is 0.185. The molecule has 2 heterocycles. The number of thiazole rings is 1. The normalized spacial score (nSPS) is 12.8. The minimum atomic E-state index is -0.656. The van der Waals surface area contributed by atoms with Crippen LogP contribution in [0, 0.1) is 21.3 Å². The van der Waals surface area contributed by atoms with Gasteiger partial charge in [-0.05, 0) is 29.8 Å². The van der Waals surface area contributed by atoms with Gasteiger partial charge in [0.05, 0.1) is 16.0 Å². The Morgan fingerprint density at radius 3 is 2.62 bits per heavy atom. The molecule has 10 heteroatoms. The van der Waals surface area contributed by atoms with Crippen LogP contribution >= 0.6 is 22.9 Å². The van der Waals surface area contributed by atoms with Gasteiger partial charge in [0.2, 0.25) is 0 Å². The van der Waals surface area contributed by atoms with Gasteiger partial charge in [-0.2, -0.15) is 0 Å². The molecule has 0 amide bonds. The van der Waals surface area contributed by atoms with E-state index in [9.17, 15) is 24.1 Å². The summed E-state index contributed by atoms with van der Waals surface area (Å²) in [4.78, 5) is 36.7. The molecule has 4 rings (SSSR count). The summed E-state index contributed by atoms with van der Waals surface area (Å²) in [5.74, 6) is 0.109. The predicted molar refractivity (Wildman–Crippen MR) is 142 cm³/mol. The number of hydrogen-bond donors (Lipinski definition) is 0. The Kier molecular flexibility index (Phi) is 7.29. The Labute approximate surface area is 219 Å². The van der Waals surface area contributed by atoms with Gasteiger partial charge in [0.25, 0.3) is 11.2 Å². The standard InChI is InChI=1S/C27H22ClFN2O5S/c1-27(2,3)24(32)14-25-30(15-17-7-8-18(29)12-21(17)28)26(33)23(37-25)13-20-9-10-22(36-20)16-5-4-6-19(11-16)31(34)35/h4-14H,15H2,1-3H3. The monoisotopic (exact) mass is 540 g/mol. The van der Waals surface area contributed by atoms with Crippen molar-refractivity contribution in [3.8, 4) is 11.3 Å². The zero-order valence-corrected chi connectivity index (χ0v) is 21.7. The third-order valence-corrected chi connectivity index (χ3v) is 6.93. The number of nitro benzene ring substituents is 1. The second kappa shape index (κ2) is 10.3. The highest BCUT2D eigenvalue weighted by Crippen LogP contribution is 2.26. The minimum absolute atomic E-state index is 0.0443. The maximum absolute atomic E-state index is 13.5. The van der Waals surface area contributed by atoms with Crippen molar-refractivity contribution < 1.29 is 18.5 Å². The molecule has 0 N–H and O–H groups in total. The number of rotatable bonds is 6. The van der Waals surface area contributed by atoms with E-state index in [2.05, 4.69) is 0 Å². The average Bonchev–Trinajstić information content (AvgIpc) is 3.40. The number of aromatic nitrogens is 1. The van der Waals surface area contributed by atoms with Crippen molar-refractivity contribution in [3.05, 3.63) is 106 Å². The minimum Gasteiger partial charge on any atom is -0.457 e. The summed E-state index contributed by atoms with van der Waals surface area (Å²) in [5, 5.41) is 11.3. The lowest BCUT2D eigenvalue weighted by molar-refractivity contribution is -0.384. The first-order chi connectivity index (χ1) is 17.4. The molecular formula is C27H22ClFN2O5S. The third kappa shape index (κ3) is 5.95. The number of carbonyl (C=O) groups excluding carboxylic acids is 1. The highest BCUT2D eigenvalue weighted by atomic mass is 35.5. The van der Waals surface area contributed by atoms with Crippen LogP contribution in [-0.4, -0.2) is 15.3 Å². The van der Waals surface area contributed by atoms with Crippen molar-refractivity contribution in [2.45, 2.75) is 27.3 Å². The van der Waals surface area contributed by atoms with E-state index < -0.39 is 16.2 Å². The third-order valence-electron chi connectivity index (χ3n) is 5.52. The lowest BCUT2D eigenvalue weighted by Crippen LogP contribution is -2.33. The molecule has 0 radical (unpaired) electrons. The van der Waals surface area contributed by atoms with E-state index in [0.29, 0.717) is 31.8 Å². The first-order valence-electron chi connectivity index (χ1n) is 11.2. The molecule has 2 aromatic carbocycles. The van der Waals surface area contributed by atoms with Crippen LogP contribution in [0.1, 0.15) is 32.1 Å². The van der Waals surface area contributed by atoms with Gasteiger partial charge in [-0.1, -0.05) is 50.6 Å². The molecule has 0 unspecified atom stereocenters. The summed E-state index contributed by atoms with van der Waals surface area (Å²) in [6.07, 6.45) is 2.98. The average molecular weight is 541 g/mol. The molecule has 0 fully saturated rings. The molecule has 0 bridgehead atoms. The number of non-ortho nitro benzene ring substituents is 1. The smallest absolute Gasteiger partial charge is 0.270 e. The molecule has 0 aliphatic rings. The summed E-state index contributed by atoms with van der Waals surface area (Å²) in [6, 6.07) is 13.3. The summed E-state index contributed by atoms with van der Waals surface area (Å²) in [5.41, 5.74) is -0.0434. The summed E-state index contributed by atoms with van der Waals surface area (Å²) < 4.78 is 21.5. The number of hydrogen-bond acceptors (Lipinski definition) is 6. The quantitative estimate of drug-likeness (QED) is 0.249. The van der Waals surface area contributed by atoms with Gasteiger partial charge in [-0.15, -0.1) is 11.3 Å². The van der Waals surface area contributed by atoms with Gasteiger partial charge in [-0.25, -0.2) is 4.39 Å². The van der Waals surface area contributed by atoms with Crippen LogP contribution in [0.4, 0.5) is 10.1 Å². The Hall–Kier alpha value is -3.82. The molecule has 0 saturated carbocycles. The molecule has 37 heavy (non-hydrogen) atoms. The number of halogens is 2. The maximum Gasteiger partial charge on any atom is 0.270 e. The van der Waals surface area contributed by atoms with Crippen molar-refractivity contribution >= 4 is 46.6 Å². The number of carbonyl (C=O) groups is 1. The Morgan fingerprint density at radius 1 is 1.19 bits per heavy atom. The largest absolute Gasteiger partial charge is 0.457 e. The SMILES string of the molecule is CC(C)(C)C(=O)C=c1sc(=Cc2ccc(-c3cccc([N+](=O)[O-])c3)o2)c(=O)n1Cc1ccc(F)cc1Cl. The lowest BCUT2D eigenvalue weighted by Gasteiger charge is -2.13. The van der Waals surface area contributed by atoms with Crippen LogP contribution in [0.5, 0.6) is 0 Å². The van der Waals surface area contributed by atoms with E-state index in [0.717, 1.165) is 11.3 Å². The number of benzene rings is 2. The zero-order valence-electron chi connectivity index (χ0n) is 20.2. The van der Waals surface area contributed by atoms with E-state index in [1.165, 1.54) is 41.0 Å². The van der Waals surface area contributed by atoms with Crippen molar-refractivity contribution in [2.75, 3.05) is 0 Å². The second-order valence-corrected chi connectivity index (χ2v) is 10.8. The van der Waals surface area contributed by atoms with Gasteiger partial charge in [-0.3, -0.25) is 24.3 Å². The molecule has 0 aliphatic carbocycles. The number of ketones is 1. The van der Waals surface area contributed by atoms with Crippen LogP contribution in [-0.2, 0) is 11.3 Å². The molecule has 0 aliphatic heterocycles. The van der Waals surface area contributed by atoms with Gasteiger partial charge < -0.3 is 4.42 Å². The van der Waals surface area contributed by atoms with Gasteiger partial charge in [0.1, 0.15) is 22.0 Å². The summed E-state index contributed by atoms with van der Waals surface area (Å²) >= 11 is 7.31. The fourth-order valence-electron chi connectivity index (χ4n) is 3.43. The number of Topliss-reactive ketones (excluding diaryl/α,β-unsaturated/α-hetero) is 1.